The van der Waals surface area contributed by atoms with Gasteiger partial charge in [0.1, 0.15) is 6.10 Å². The van der Waals surface area contributed by atoms with Crippen molar-refractivity contribution < 1.29 is 105 Å². The first-order valence-electron chi connectivity index (χ1n) is 15.3. The van der Waals surface area contributed by atoms with E-state index in [1.54, 1.807) is 0 Å². The fourth-order valence-corrected chi connectivity index (χ4v) is 5.33. The summed E-state index contributed by atoms with van der Waals surface area (Å²) in [6.45, 7) is 0. The van der Waals surface area contributed by atoms with Crippen LogP contribution in [0.3, 0.4) is 0 Å². The molecule has 0 aromatic heterocycles. The number of phenols is 12. The molecule has 21 nitrogen and oxygen atoms in total. The number of phenolic OH excluding ortho intramolecular Hbond substituents is 12. The summed E-state index contributed by atoms with van der Waals surface area (Å²) in [5.74, 6) is -18.2. The molecule has 5 atom stereocenters. The maximum atomic E-state index is 13.5. The molecule has 0 aliphatic heterocycles. The molecule has 0 amide bonds. The SMILES string of the molecule is O=C(OC1CC(O)C(OC(=O)c2cc(O)c(O)c(O)c2)C(OC(=O)c2cc(O)c(O)c(O)c2)C1OC(=O)c1cc(O)c(O)c(O)c1)c1cc(O)c(O)c(O)c1. The average molecular weight is 773 g/mol. The second-order valence-electron chi connectivity index (χ2n) is 11.8. The number of rotatable bonds is 8. The minimum Gasteiger partial charge on any atom is -0.504 e. The molecule has 290 valence electrons. The largest absolute Gasteiger partial charge is 0.504 e. The molecule has 0 radical (unpaired) electrons. The Morgan fingerprint density at radius 3 is 0.909 bits per heavy atom. The maximum absolute atomic E-state index is 13.5. The normalized spacial score (nSPS) is 19.2. The van der Waals surface area contributed by atoms with E-state index in [0.717, 1.165) is 0 Å². The molecule has 0 saturated heterocycles. The topological polar surface area (TPSA) is 368 Å². The lowest BCUT2D eigenvalue weighted by Gasteiger charge is -2.42. The number of aliphatic hydroxyl groups excluding tert-OH is 1. The van der Waals surface area contributed by atoms with Gasteiger partial charge in [-0.25, -0.2) is 19.2 Å². The van der Waals surface area contributed by atoms with Crippen LogP contribution in [0.5, 0.6) is 69.0 Å². The Balaban J connectivity index is 1.61. The van der Waals surface area contributed by atoms with Crippen molar-refractivity contribution in [1.29, 1.82) is 0 Å². The second-order valence-corrected chi connectivity index (χ2v) is 11.8. The molecule has 1 saturated carbocycles. The Bertz CT molecular complexity index is 2120. The van der Waals surface area contributed by atoms with E-state index in [-0.39, 0.29) is 0 Å². The third kappa shape index (κ3) is 7.75. The van der Waals surface area contributed by atoms with Crippen LogP contribution in [0, 0.1) is 0 Å². The van der Waals surface area contributed by atoms with Crippen LogP contribution in [0.2, 0.25) is 0 Å². The fraction of sp³-hybridized carbons (Fsp3) is 0.176. The zero-order chi connectivity index (χ0) is 40.6. The summed E-state index contributed by atoms with van der Waals surface area (Å²) in [6, 6.07) is 4.98. The van der Waals surface area contributed by atoms with Crippen molar-refractivity contribution >= 4 is 23.9 Å². The van der Waals surface area contributed by atoms with Crippen molar-refractivity contribution in [1.82, 2.24) is 0 Å². The zero-order valence-corrected chi connectivity index (χ0v) is 27.3. The number of hydrogen-bond acceptors (Lipinski definition) is 21. The van der Waals surface area contributed by atoms with Crippen molar-refractivity contribution in [3.05, 3.63) is 70.8 Å². The van der Waals surface area contributed by atoms with Crippen molar-refractivity contribution in [3.8, 4) is 69.0 Å². The van der Waals surface area contributed by atoms with E-state index in [9.17, 15) is 85.6 Å². The summed E-state index contributed by atoms with van der Waals surface area (Å²) in [5, 5.41) is 130. The maximum Gasteiger partial charge on any atom is 0.338 e. The third-order valence-corrected chi connectivity index (χ3v) is 8.08. The molecular weight excluding hydrogens is 744 g/mol. The Labute approximate surface area is 305 Å². The zero-order valence-electron chi connectivity index (χ0n) is 27.3. The molecule has 4 aromatic carbocycles. The molecule has 55 heavy (non-hydrogen) atoms. The summed E-state index contributed by atoms with van der Waals surface area (Å²) in [6.07, 6.45) is -11.5. The molecule has 21 heteroatoms. The lowest BCUT2D eigenvalue weighted by atomic mass is 9.86. The standard InChI is InChI=1S/C34H28O21/c35-14-1-10(2-15(36)24(14)44)31(48)52-23-9-22(43)28(53-32(49)11-3-16(37)25(45)17(38)4-11)30(55-34(51)13-7-20(41)27(47)21(42)8-13)29(23)54-33(50)12-5-18(39)26(46)19(40)6-12/h1-8,22-23,28-30,35-47H,9H2. The van der Waals surface area contributed by atoms with E-state index in [1.165, 1.54) is 0 Å². The molecule has 1 aliphatic carbocycles. The second kappa shape index (κ2) is 14.7. The highest BCUT2D eigenvalue weighted by Crippen LogP contribution is 2.41. The van der Waals surface area contributed by atoms with Gasteiger partial charge in [0.05, 0.1) is 28.4 Å². The summed E-state index contributed by atoms with van der Waals surface area (Å²) < 4.78 is 21.7. The van der Waals surface area contributed by atoms with Crippen molar-refractivity contribution in [2.45, 2.75) is 36.9 Å². The molecule has 0 spiro atoms. The molecule has 0 bridgehead atoms. The quantitative estimate of drug-likeness (QED) is 0.0677. The predicted octanol–water partition coefficient (Wildman–Crippen LogP) is 1.12. The van der Waals surface area contributed by atoms with E-state index in [0.29, 0.717) is 48.5 Å². The molecule has 1 aliphatic rings. The first-order chi connectivity index (χ1) is 25.8. The first kappa shape index (κ1) is 38.5. The van der Waals surface area contributed by atoms with Crippen LogP contribution in [-0.2, 0) is 18.9 Å². The van der Waals surface area contributed by atoms with Gasteiger partial charge in [-0.1, -0.05) is 0 Å². The van der Waals surface area contributed by atoms with Gasteiger partial charge in [0.15, 0.2) is 87.3 Å². The van der Waals surface area contributed by atoms with Gasteiger partial charge in [-0.3, -0.25) is 0 Å². The number of aromatic hydroxyl groups is 12. The Kier molecular flexibility index (Phi) is 10.3. The summed E-state index contributed by atoms with van der Waals surface area (Å²) in [7, 11) is 0. The number of carbonyl (C=O) groups excluding carboxylic acids is 4. The molecule has 4 aromatic rings. The first-order valence-corrected chi connectivity index (χ1v) is 15.3. The van der Waals surface area contributed by atoms with Crippen molar-refractivity contribution in [2.24, 2.45) is 0 Å². The fourth-order valence-electron chi connectivity index (χ4n) is 5.33. The highest BCUT2D eigenvalue weighted by atomic mass is 16.6. The molecule has 1 fully saturated rings. The van der Waals surface area contributed by atoms with Gasteiger partial charge in [-0.2, -0.15) is 0 Å². The lowest BCUT2D eigenvalue weighted by Crippen LogP contribution is -2.61. The summed E-state index contributed by atoms with van der Waals surface area (Å²) >= 11 is 0. The van der Waals surface area contributed by atoms with Crippen LogP contribution >= 0.6 is 0 Å². The minimum atomic E-state index is -2.31. The Morgan fingerprint density at radius 1 is 0.382 bits per heavy atom. The smallest absolute Gasteiger partial charge is 0.338 e. The van der Waals surface area contributed by atoms with Crippen LogP contribution in [0.25, 0.3) is 0 Å². The van der Waals surface area contributed by atoms with Gasteiger partial charge >= 0.3 is 23.9 Å². The van der Waals surface area contributed by atoms with E-state index in [1.807, 2.05) is 0 Å². The molecule has 13 N–H and O–H groups in total. The van der Waals surface area contributed by atoms with Crippen LogP contribution in [0.1, 0.15) is 47.9 Å². The van der Waals surface area contributed by atoms with Gasteiger partial charge in [-0.15, -0.1) is 0 Å². The highest BCUT2D eigenvalue weighted by molar-refractivity contribution is 5.94. The predicted molar refractivity (Wildman–Crippen MR) is 173 cm³/mol. The van der Waals surface area contributed by atoms with Crippen molar-refractivity contribution in [2.75, 3.05) is 0 Å². The lowest BCUT2D eigenvalue weighted by molar-refractivity contribution is -0.181. The number of hydrogen-bond donors (Lipinski definition) is 13. The van der Waals surface area contributed by atoms with E-state index in [4.69, 9.17) is 18.9 Å². The number of esters is 4. The average Bonchev–Trinajstić information content (AvgIpc) is 3.12. The number of ether oxygens (including phenoxy) is 4. The Morgan fingerprint density at radius 2 is 0.618 bits per heavy atom. The van der Waals surface area contributed by atoms with Crippen LogP contribution in [0.15, 0.2) is 48.5 Å². The monoisotopic (exact) mass is 772 g/mol. The Hall–Kier alpha value is -7.68. The third-order valence-electron chi connectivity index (χ3n) is 8.08. The number of aliphatic hydroxyl groups is 1. The van der Waals surface area contributed by atoms with Gasteiger partial charge in [0, 0.05) is 6.42 Å². The van der Waals surface area contributed by atoms with E-state index < -0.39 is 152 Å². The van der Waals surface area contributed by atoms with Gasteiger partial charge in [0.2, 0.25) is 0 Å². The summed E-state index contributed by atoms with van der Waals surface area (Å²) in [4.78, 5) is 53.5. The number of benzene rings is 4. The van der Waals surface area contributed by atoms with Crippen LogP contribution < -0.4 is 0 Å². The van der Waals surface area contributed by atoms with E-state index >= 15 is 0 Å². The highest BCUT2D eigenvalue weighted by Gasteiger charge is 2.53. The van der Waals surface area contributed by atoms with E-state index in [2.05, 4.69) is 0 Å². The van der Waals surface area contributed by atoms with Crippen molar-refractivity contribution in [3.63, 3.8) is 0 Å². The molecule has 5 unspecified atom stereocenters. The number of carbonyl (C=O) groups is 4. The molecular formula is C34H28O21. The molecule has 0 heterocycles. The molecule has 5 rings (SSSR count). The summed E-state index contributed by atoms with van der Waals surface area (Å²) in [5.41, 5.74) is -2.71. The van der Waals surface area contributed by atoms with Gasteiger partial charge in [-0.05, 0) is 48.5 Å². The van der Waals surface area contributed by atoms with Gasteiger partial charge < -0.3 is 85.3 Å². The van der Waals surface area contributed by atoms with Gasteiger partial charge in [0.25, 0.3) is 0 Å². The minimum absolute atomic E-state index is 0.601. The van der Waals surface area contributed by atoms with Crippen LogP contribution in [-0.4, -0.2) is 121 Å². The van der Waals surface area contributed by atoms with Crippen LogP contribution in [0.4, 0.5) is 0 Å².